The zero-order chi connectivity index (χ0) is 25.6. The number of benzene rings is 1. The van der Waals surface area contributed by atoms with Gasteiger partial charge < -0.3 is 14.7 Å². The molecule has 0 aliphatic carbocycles. The maximum atomic E-state index is 12.8. The summed E-state index contributed by atoms with van der Waals surface area (Å²) in [6.45, 7) is 6.35. The number of aliphatic carboxylic acids is 1. The van der Waals surface area contributed by atoms with E-state index in [-0.39, 0.29) is 18.9 Å². The van der Waals surface area contributed by atoms with Crippen LogP contribution < -0.4 is 0 Å². The molecule has 2 saturated heterocycles. The number of hydrogen-bond acceptors (Lipinski definition) is 7. The van der Waals surface area contributed by atoms with Crippen LogP contribution >= 0.6 is 0 Å². The number of carboxylic acid groups (broad SMARTS) is 1. The molecular formula is C24H32N4O7. The van der Waals surface area contributed by atoms with Crippen molar-refractivity contribution < 1.29 is 33.9 Å². The van der Waals surface area contributed by atoms with Crippen LogP contribution in [-0.2, 0) is 30.4 Å². The van der Waals surface area contributed by atoms with E-state index < -0.39 is 23.3 Å². The highest BCUT2D eigenvalue weighted by molar-refractivity contribution is 5.81. The molecule has 190 valence electrons. The number of hydrazone groups is 1. The summed E-state index contributed by atoms with van der Waals surface area (Å²) in [5.41, 5.74) is 0.409. The van der Waals surface area contributed by atoms with Gasteiger partial charge in [-0.3, -0.25) is 19.3 Å². The van der Waals surface area contributed by atoms with E-state index in [0.29, 0.717) is 45.3 Å². The first-order valence-corrected chi connectivity index (χ1v) is 11.5. The number of likely N-dealkylation sites (tertiary alicyclic amines) is 1. The second kappa shape index (κ2) is 10.9. The quantitative estimate of drug-likeness (QED) is 0.337. The topological polar surface area (TPSA) is 129 Å². The molecule has 35 heavy (non-hydrogen) atoms. The fourth-order valence-electron chi connectivity index (χ4n) is 4.04. The van der Waals surface area contributed by atoms with Crippen LogP contribution in [0.4, 0.5) is 4.79 Å². The highest BCUT2D eigenvalue weighted by Crippen LogP contribution is 2.34. The summed E-state index contributed by atoms with van der Waals surface area (Å²) in [6, 6.07) is 7.28. The van der Waals surface area contributed by atoms with Gasteiger partial charge in [0.25, 0.3) is 6.41 Å². The van der Waals surface area contributed by atoms with Crippen LogP contribution in [0.25, 0.3) is 0 Å². The van der Waals surface area contributed by atoms with Crippen molar-refractivity contribution in [3.8, 4) is 0 Å². The molecule has 2 fully saturated rings. The van der Waals surface area contributed by atoms with Gasteiger partial charge >= 0.3 is 12.1 Å². The lowest BCUT2D eigenvalue weighted by Gasteiger charge is -2.45. The van der Waals surface area contributed by atoms with Gasteiger partial charge in [-0.25, -0.2) is 9.63 Å². The second-order valence-corrected chi connectivity index (χ2v) is 9.77. The molecule has 1 spiro atoms. The summed E-state index contributed by atoms with van der Waals surface area (Å²) in [7, 11) is 0. The van der Waals surface area contributed by atoms with Gasteiger partial charge in [0.2, 0.25) is 5.91 Å². The number of carbonyl (C=O) groups is 4. The average molecular weight is 489 g/mol. The molecule has 0 saturated carbocycles. The number of ether oxygens (including phenoxy) is 1. The van der Waals surface area contributed by atoms with E-state index >= 15 is 0 Å². The van der Waals surface area contributed by atoms with E-state index in [4.69, 9.17) is 14.7 Å². The molecule has 2 aliphatic heterocycles. The lowest BCUT2D eigenvalue weighted by molar-refractivity contribution is -0.215. The monoisotopic (exact) mass is 488 g/mol. The number of hydrogen-bond donors (Lipinski definition) is 1. The first-order chi connectivity index (χ1) is 16.5. The van der Waals surface area contributed by atoms with Crippen molar-refractivity contribution in [1.29, 1.82) is 0 Å². The van der Waals surface area contributed by atoms with Crippen molar-refractivity contribution in [2.45, 2.75) is 57.7 Å². The third kappa shape index (κ3) is 7.51. The number of carboxylic acids is 1. The van der Waals surface area contributed by atoms with Gasteiger partial charge in [0.1, 0.15) is 12.1 Å². The van der Waals surface area contributed by atoms with Crippen LogP contribution in [0.15, 0.2) is 29.4 Å². The molecule has 1 N–H and O–H groups in total. The summed E-state index contributed by atoms with van der Waals surface area (Å²) < 4.78 is 5.60. The van der Waals surface area contributed by atoms with Gasteiger partial charge in [-0.1, -0.05) is 24.3 Å². The highest BCUT2D eigenvalue weighted by Gasteiger charge is 2.43. The lowest BCUT2D eigenvalue weighted by atomic mass is 9.86. The van der Waals surface area contributed by atoms with Gasteiger partial charge in [-0.05, 0) is 31.9 Å². The molecule has 11 nitrogen and oxygen atoms in total. The Morgan fingerprint density at radius 3 is 2.34 bits per heavy atom. The van der Waals surface area contributed by atoms with Crippen molar-refractivity contribution >= 4 is 30.6 Å². The van der Waals surface area contributed by atoms with Crippen LogP contribution in [0.5, 0.6) is 0 Å². The van der Waals surface area contributed by atoms with Gasteiger partial charge in [0, 0.05) is 38.9 Å². The molecule has 0 atom stereocenters. The first-order valence-electron chi connectivity index (χ1n) is 11.5. The number of piperidine rings is 1. The van der Waals surface area contributed by atoms with Gasteiger partial charge in [0.15, 0.2) is 0 Å². The Kier molecular flexibility index (Phi) is 8.11. The predicted molar refractivity (Wildman–Crippen MR) is 125 cm³/mol. The molecule has 1 aromatic carbocycles. The molecule has 0 bridgehead atoms. The average Bonchev–Trinajstić information content (AvgIpc) is 2.79. The van der Waals surface area contributed by atoms with Crippen LogP contribution in [0.2, 0.25) is 0 Å². The Morgan fingerprint density at radius 1 is 1.17 bits per heavy atom. The minimum atomic E-state index is -1.07. The fraction of sp³-hybridized carbons (Fsp3) is 0.542. The van der Waals surface area contributed by atoms with Gasteiger partial charge in [-0.2, -0.15) is 5.10 Å². The number of rotatable bonds is 8. The number of hydroxylamine groups is 1. The normalized spacial score (nSPS) is 18.0. The Balaban J connectivity index is 1.49. The molecule has 0 radical (unpaired) electrons. The molecule has 3 amide bonds. The molecule has 3 rings (SSSR count). The number of nitrogens with zero attached hydrogens (tertiary/aromatic N) is 4. The third-order valence-electron chi connectivity index (χ3n) is 5.87. The largest absolute Gasteiger partial charge is 0.480 e. The molecule has 0 unspecified atom stereocenters. The zero-order valence-corrected chi connectivity index (χ0v) is 20.3. The third-order valence-corrected chi connectivity index (χ3v) is 5.87. The fourth-order valence-corrected chi connectivity index (χ4v) is 4.04. The van der Waals surface area contributed by atoms with Crippen molar-refractivity contribution in [3.05, 3.63) is 35.4 Å². The maximum absolute atomic E-state index is 12.8. The molecule has 2 aliphatic rings. The van der Waals surface area contributed by atoms with Crippen LogP contribution in [-0.4, -0.2) is 88.1 Å². The molecular weight excluding hydrogens is 456 g/mol. The Hall–Kier alpha value is -3.47. The summed E-state index contributed by atoms with van der Waals surface area (Å²) in [5.74, 6) is -1.09. The van der Waals surface area contributed by atoms with Crippen LogP contribution in [0, 0.1) is 0 Å². The van der Waals surface area contributed by atoms with Crippen molar-refractivity contribution in [2.75, 3.05) is 26.2 Å². The Bertz CT molecular complexity index is 963. The Labute approximate surface area is 204 Å². The van der Waals surface area contributed by atoms with E-state index in [9.17, 15) is 19.2 Å². The molecule has 11 heteroatoms. The van der Waals surface area contributed by atoms with Crippen LogP contribution in [0.3, 0.4) is 0 Å². The molecule has 2 heterocycles. The highest BCUT2D eigenvalue weighted by atomic mass is 16.7. The van der Waals surface area contributed by atoms with E-state index in [1.54, 1.807) is 4.90 Å². The van der Waals surface area contributed by atoms with E-state index in [2.05, 4.69) is 5.10 Å². The summed E-state index contributed by atoms with van der Waals surface area (Å²) >= 11 is 0. The first kappa shape index (κ1) is 26.1. The minimum absolute atomic E-state index is 0.0124. The number of carbonyl (C=O) groups excluding carboxylic acids is 3. The zero-order valence-electron chi connectivity index (χ0n) is 20.3. The summed E-state index contributed by atoms with van der Waals surface area (Å²) in [5, 5.41) is 13.8. The standard InChI is InChI=1S/C24H32N4O7/c1-23(2,3)35-28(17-29)25-15-19-6-4-18(5-7-19)14-20(30)26-11-8-24(9-12-26)10-13-27(16-21(31)32)22(33)34-24/h4-7,15,17H,8-14,16H2,1-3H3,(H,31,32). The number of amides is 3. The molecule has 0 aromatic heterocycles. The van der Waals surface area contributed by atoms with Crippen molar-refractivity contribution in [1.82, 2.24) is 15.0 Å². The smallest absolute Gasteiger partial charge is 0.410 e. The van der Waals surface area contributed by atoms with Crippen LogP contribution in [0.1, 0.15) is 51.2 Å². The summed E-state index contributed by atoms with van der Waals surface area (Å²) in [6.07, 6.45) is 3.23. The van der Waals surface area contributed by atoms with Gasteiger partial charge in [0.05, 0.1) is 18.2 Å². The maximum Gasteiger partial charge on any atom is 0.410 e. The minimum Gasteiger partial charge on any atom is -0.480 e. The SMILES string of the molecule is CC(C)(C)ON(C=O)N=Cc1ccc(CC(=O)N2CCC3(CC2)CCN(CC(=O)O)C(=O)O3)cc1. The predicted octanol–water partition coefficient (Wildman–Crippen LogP) is 2.04. The van der Waals surface area contributed by atoms with E-state index in [0.717, 1.165) is 16.3 Å². The van der Waals surface area contributed by atoms with E-state index in [1.807, 2.05) is 45.0 Å². The second-order valence-electron chi connectivity index (χ2n) is 9.77. The van der Waals surface area contributed by atoms with Gasteiger partial charge in [-0.15, -0.1) is 5.17 Å². The lowest BCUT2D eigenvalue weighted by Crippen LogP contribution is -2.56. The van der Waals surface area contributed by atoms with Crippen molar-refractivity contribution in [2.24, 2.45) is 5.10 Å². The van der Waals surface area contributed by atoms with Crippen molar-refractivity contribution in [3.63, 3.8) is 0 Å². The Morgan fingerprint density at radius 2 is 1.80 bits per heavy atom. The van der Waals surface area contributed by atoms with E-state index in [1.165, 1.54) is 11.1 Å². The summed E-state index contributed by atoms with van der Waals surface area (Å²) in [4.78, 5) is 55.3. The molecule has 1 aromatic rings.